The molecular formula is C24H17N. The zero-order valence-electron chi connectivity index (χ0n) is 17.4. The van der Waals surface area contributed by atoms with E-state index in [9.17, 15) is 0 Å². The lowest BCUT2D eigenvalue weighted by Gasteiger charge is -2.11. The number of hydrogen-bond acceptors (Lipinski definition) is 0. The second-order valence-electron chi connectivity index (χ2n) is 6.01. The van der Waals surface area contributed by atoms with Gasteiger partial charge in [-0.25, -0.2) is 0 Å². The van der Waals surface area contributed by atoms with Gasteiger partial charge in [-0.3, -0.25) is 0 Å². The Balaban J connectivity index is 1.88. The molecule has 25 heavy (non-hydrogen) atoms. The van der Waals surface area contributed by atoms with Crippen molar-refractivity contribution in [2.45, 2.75) is 0 Å². The van der Waals surface area contributed by atoms with Crippen molar-refractivity contribution in [3.8, 4) is 22.3 Å². The van der Waals surface area contributed by atoms with E-state index in [1.165, 1.54) is 0 Å². The molecule has 0 bridgehead atoms. The van der Waals surface area contributed by atoms with Crippen LogP contribution in [0.4, 0.5) is 0 Å². The van der Waals surface area contributed by atoms with Crippen LogP contribution in [0.2, 0.25) is 0 Å². The Labute approximate surface area is 152 Å². The van der Waals surface area contributed by atoms with Crippen LogP contribution in [-0.2, 0) is 0 Å². The predicted molar refractivity (Wildman–Crippen MR) is 107 cm³/mol. The van der Waals surface area contributed by atoms with Crippen molar-refractivity contribution in [3.05, 3.63) is 97.0 Å². The molecule has 4 aromatic carbocycles. The zero-order chi connectivity index (χ0) is 20.1. The van der Waals surface area contributed by atoms with Crippen LogP contribution in [0.3, 0.4) is 0 Å². The number of para-hydroxylation sites is 2. The number of aromatic amines is 1. The van der Waals surface area contributed by atoms with E-state index in [2.05, 4.69) is 29.2 Å². The molecule has 0 aliphatic rings. The number of hydrogen-bond donors (Lipinski definition) is 1. The van der Waals surface area contributed by atoms with Gasteiger partial charge < -0.3 is 4.98 Å². The van der Waals surface area contributed by atoms with Crippen LogP contribution in [0, 0.1) is 0 Å². The zero-order valence-corrected chi connectivity index (χ0v) is 13.4. The summed E-state index contributed by atoms with van der Waals surface area (Å²) in [6.07, 6.45) is 0. The van der Waals surface area contributed by atoms with Crippen LogP contribution in [0.15, 0.2) is 97.0 Å². The van der Waals surface area contributed by atoms with Crippen molar-refractivity contribution in [2.75, 3.05) is 0 Å². The number of rotatable bonds is 2. The summed E-state index contributed by atoms with van der Waals surface area (Å²) in [7, 11) is 0. The van der Waals surface area contributed by atoms with Crippen molar-refractivity contribution in [1.29, 1.82) is 0 Å². The topological polar surface area (TPSA) is 15.8 Å². The minimum atomic E-state index is -0.222. The van der Waals surface area contributed by atoms with Crippen molar-refractivity contribution >= 4 is 21.8 Å². The van der Waals surface area contributed by atoms with Crippen LogP contribution in [-0.4, -0.2) is 4.98 Å². The predicted octanol–water partition coefficient (Wildman–Crippen LogP) is 6.66. The highest BCUT2D eigenvalue weighted by atomic mass is 14.7. The molecule has 0 aliphatic heterocycles. The first-order valence-corrected chi connectivity index (χ1v) is 8.23. The van der Waals surface area contributed by atoms with Crippen molar-refractivity contribution < 1.29 is 5.48 Å². The Morgan fingerprint density at radius 3 is 2.20 bits per heavy atom. The summed E-state index contributed by atoms with van der Waals surface area (Å²) in [5, 5.41) is 1.33. The molecule has 5 aromatic rings. The van der Waals surface area contributed by atoms with Gasteiger partial charge in [0.25, 0.3) is 0 Å². The van der Waals surface area contributed by atoms with Gasteiger partial charge >= 0.3 is 0 Å². The van der Waals surface area contributed by atoms with Crippen molar-refractivity contribution in [2.24, 2.45) is 0 Å². The maximum atomic E-state index is 8.37. The molecule has 0 saturated heterocycles. The summed E-state index contributed by atoms with van der Waals surface area (Å²) in [5.41, 5.74) is 5.48. The monoisotopic (exact) mass is 323 g/mol. The third kappa shape index (κ3) is 2.25. The molecule has 1 heteroatoms. The highest BCUT2D eigenvalue weighted by molar-refractivity contribution is 6.12. The Morgan fingerprint density at radius 1 is 0.600 bits per heavy atom. The third-order valence-electron chi connectivity index (χ3n) is 4.57. The summed E-state index contributed by atoms with van der Waals surface area (Å²) >= 11 is 0. The molecule has 0 unspecified atom stereocenters. The molecule has 0 radical (unpaired) electrons. The molecule has 0 aliphatic carbocycles. The van der Waals surface area contributed by atoms with Crippen LogP contribution in [0.1, 0.15) is 5.48 Å². The lowest BCUT2D eigenvalue weighted by Crippen LogP contribution is -1.86. The van der Waals surface area contributed by atoms with Gasteiger partial charge in [-0.1, -0.05) is 90.9 Å². The molecule has 1 aromatic heterocycles. The summed E-state index contributed by atoms with van der Waals surface area (Å²) in [5.74, 6) is 0. The Morgan fingerprint density at radius 2 is 1.32 bits per heavy atom. The Bertz CT molecular complexity index is 1390. The number of nitrogens with one attached hydrogen (secondary N) is 1. The normalized spacial score (nSPS) is 13.4. The smallest absolute Gasteiger partial charge is 0.0645 e. The fourth-order valence-corrected chi connectivity index (χ4v) is 3.44. The molecule has 0 fully saturated rings. The van der Waals surface area contributed by atoms with Gasteiger partial charge in [-0.15, -0.1) is 0 Å². The van der Waals surface area contributed by atoms with Crippen LogP contribution >= 0.6 is 0 Å². The largest absolute Gasteiger partial charge is 0.354 e. The summed E-state index contributed by atoms with van der Waals surface area (Å²) in [6, 6.07) is 23.7. The van der Waals surface area contributed by atoms with Crippen molar-refractivity contribution in [3.63, 3.8) is 0 Å². The van der Waals surface area contributed by atoms with E-state index < -0.39 is 0 Å². The average Bonchev–Trinajstić information content (AvgIpc) is 3.17. The Kier molecular flexibility index (Phi) is 2.38. The van der Waals surface area contributed by atoms with Crippen LogP contribution in [0.25, 0.3) is 44.1 Å². The fourth-order valence-electron chi connectivity index (χ4n) is 3.44. The van der Waals surface area contributed by atoms with Crippen LogP contribution in [0.5, 0.6) is 0 Å². The van der Waals surface area contributed by atoms with E-state index in [0.29, 0.717) is 10.9 Å². The second-order valence-corrected chi connectivity index (χ2v) is 6.01. The van der Waals surface area contributed by atoms with E-state index in [0.717, 1.165) is 33.2 Å². The van der Waals surface area contributed by atoms with Crippen LogP contribution < -0.4 is 0 Å². The summed E-state index contributed by atoms with van der Waals surface area (Å²) in [4.78, 5) is 3.29. The van der Waals surface area contributed by atoms with E-state index in [1.807, 2.05) is 48.5 Å². The highest BCUT2D eigenvalue weighted by Crippen LogP contribution is 2.37. The third-order valence-corrected chi connectivity index (χ3v) is 4.57. The standard InChI is InChI=1S/C24H17N/c1-2-9-17(10-3-1)18-11-4-5-12-19(18)21-14-8-15-22-20-13-6-7-16-23(20)25-24(21)22/h1-16,25H/i6D,7D,13D,16D. The quantitative estimate of drug-likeness (QED) is 0.374. The molecule has 0 saturated carbocycles. The maximum absolute atomic E-state index is 8.37. The molecular weight excluding hydrogens is 302 g/mol. The van der Waals surface area contributed by atoms with Gasteiger partial charge in [-0.2, -0.15) is 0 Å². The van der Waals surface area contributed by atoms with E-state index in [-0.39, 0.29) is 24.2 Å². The Hall–Kier alpha value is -3.32. The van der Waals surface area contributed by atoms with E-state index in [4.69, 9.17) is 5.48 Å². The number of aromatic nitrogens is 1. The van der Waals surface area contributed by atoms with Crippen molar-refractivity contribution in [1.82, 2.24) is 4.98 Å². The maximum Gasteiger partial charge on any atom is 0.0645 e. The molecule has 1 heterocycles. The number of H-pyrrole nitrogens is 1. The first-order valence-electron chi connectivity index (χ1n) is 10.2. The highest BCUT2D eigenvalue weighted by Gasteiger charge is 2.12. The molecule has 0 spiro atoms. The van der Waals surface area contributed by atoms with Gasteiger partial charge in [0.1, 0.15) is 0 Å². The minimum absolute atomic E-state index is 0.0132. The first-order chi connectivity index (χ1) is 14.1. The van der Waals surface area contributed by atoms with Gasteiger partial charge in [0.15, 0.2) is 0 Å². The molecule has 5 rings (SSSR count). The lowest BCUT2D eigenvalue weighted by atomic mass is 9.93. The number of benzene rings is 4. The van der Waals surface area contributed by atoms with Gasteiger partial charge in [-0.05, 0) is 22.7 Å². The fraction of sp³-hybridized carbons (Fsp3) is 0. The number of fused-ring (bicyclic) bond motifs is 3. The van der Waals surface area contributed by atoms with Gasteiger partial charge in [0, 0.05) is 21.9 Å². The lowest BCUT2D eigenvalue weighted by molar-refractivity contribution is 1.53. The summed E-state index contributed by atoms with van der Waals surface area (Å²) in [6.45, 7) is 0. The first kappa shape index (κ1) is 10.5. The molecule has 0 amide bonds. The average molecular weight is 323 g/mol. The van der Waals surface area contributed by atoms with Gasteiger partial charge in [0.05, 0.1) is 11.0 Å². The second kappa shape index (κ2) is 5.64. The van der Waals surface area contributed by atoms with E-state index in [1.54, 1.807) is 0 Å². The SMILES string of the molecule is [2H]c1c([2H])c([2H])c2c([nH]c3c(-c4ccccc4-c4ccccc4)cccc32)c1[2H]. The van der Waals surface area contributed by atoms with E-state index >= 15 is 0 Å². The molecule has 1 N–H and O–H groups in total. The molecule has 118 valence electrons. The molecule has 0 atom stereocenters. The minimum Gasteiger partial charge on any atom is -0.354 e. The molecule has 1 nitrogen and oxygen atoms in total. The van der Waals surface area contributed by atoms with Gasteiger partial charge in [0.2, 0.25) is 0 Å². The summed E-state index contributed by atoms with van der Waals surface area (Å²) < 4.78 is 32.7.